The summed E-state index contributed by atoms with van der Waals surface area (Å²) in [5.74, 6) is 0.164. The summed E-state index contributed by atoms with van der Waals surface area (Å²) in [5, 5.41) is 18.0. The van der Waals surface area contributed by atoms with Crippen LogP contribution in [0.15, 0.2) is 48.5 Å². The lowest BCUT2D eigenvalue weighted by atomic mass is 9.98. The third kappa shape index (κ3) is 4.16. The van der Waals surface area contributed by atoms with Gasteiger partial charge in [0.2, 0.25) is 0 Å². The van der Waals surface area contributed by atoms with Gasteiger partial charge < -0.3 is 10.2 Å². The van der Waals surface area contributed by atoms with Gasteiger partial charge in [-0.2, -0.15) is 0 Å². The zero-order valence-electron chi connectivity index (χ0n) is 12.3. The lowest BCUT2D eigenvalue weighted by Gasteiger charge is -2.08. The monoisotopic (exact) mass is 286 g/mol. The van der Waals surface area contributed by atoms with Gasteiger partial charge in [0.1, 0.15) is 0 Å². The molecule has 2 aromatic rings. The highest BCUT2D eigenvalue weighted by atomic mass is 16.3. The molecule has 0 amide bonds. The minimum absolute atomic E-state index is 0. The Morgan fingerprint density at radius 1 is 0.857 bits per heavy atom. The van der Waals surface area contributed by atoms with Crippen molar-refractivity contribution in [2.75, 3.05) is 6.61 Å². The Balaban J connectivity index is 0.000000324. The molecule has 0 aliphatic heterocycles. The highest BCUT2D eigenvalue weighted by Crippen LogP contribution is 2.43. The average molecular weight is 286 g/mol. The molecule has 2 heteroatoms. The summed E-state index contributed by atoms with van der Waals surface area (Å²) in [5.41, 5.74) is 4.54. The summed E-state index contributed by atoms with van der Waals surface area (Å²) < 4.78 is 0. The summed E-state index contributed by atoms with van der Waals surface area (Å²) in [6, 6.07) is 16.6. The van der Waals surface area contributed by atoms with Gasteiger partial charge in [-0.1, -0.05) is 56.0 Å². The van der Waals surface area contributed by atoms with E-state index >= 15 is 0 Å². The molecule has 0 aromatic heterocycles. The zero-order chi connectivity index (χ0) is 14.8. The first-order valence-electron chi connectivity index (χ1n) is 6.93. The maximum absolute atomic E-state index is 9.46. The lowest BCUT2D eigenvalue weighted by Crippen LogP contribution is -2.10. The molecule has 3 rings (SSSR count). The van der Waals surface area contributed by atoms with E-state index in [2.05, 4.69) is 36.4 Å². The van der Waals surface area contributed by atoms with Crippen LogP contribution in [0.1, 0.15) is 45.2 Å². The fraction of sp³-hybridized carbons (Fsp3) is 0.368. The van der Waals surface area contributed by atoms with Crippen LogP contribution in [0.25, 0.3) is 11.1 Å². The van der Waals surface area contributed by atoms with Crippen LogP contribution in [0.4, 0.5) is 0 Å². The number of aliphatic hydroxyl groups excluding tert-OH is 1. The second-order valence-corrected chi connectivity index (χ2v) is 6.08. The quantitative estimate of drug-likeness (QED) is 0.824. The Morgan fingerprint density at radius 2 is 1.19 bits per heavy atom. The van der Waals surface area contributed by atoms with Crippen LogP contribution in [-0.4, -0.2) is 22.4 Å². The smallest absolute Gasteiger partial charge is 0.0563 e. The van der Waals surface area contributed by atoms with Crippen molar-refractivity contribution in [3.05, 3.63) is 59.7 Å². The summed E-state index contributed by atoms with van der Waals surface area (Å²) in [4.78, 5) is 0. The van der Waals surface area contributed by atoms with Crippen LogP contribution >= 0.6 is 0 Å². The van der Waals surface area contributed by atoms with Crippen LogP contribution < -0.4 is 0 Å². The average Bonchev–Trinajstić information content (AvgIpc) is 2.71. The number of fused-ring (bicyclic) bond motifs is 3. The van der Waals surface area contributed by atoms with E-state index in [0.29, 0.717) is 0 Å². The third-order valence-corrected chi connectivity index (χ3v) is 3.15. The summed E-state index contributed by atoms with van der Waals surface area (Å²) >= 11 is 0. The fourth-order valence-corrected chi connectivity index (χ4v) is 2.46. The van der Waals surface area contributed by atoms with Gasteiger partial charge in [-0.25, -0.2) is 0 Å². The second kappa shape index (κ2) is 6.88. The van der Waals surface area contributed by atoms with Crippen molar-refractivity contribution >= 4 is 0 Å². The Kier molecular flexibility index (Phi) is 5.70. The topological polar surface area (TPSA) is 40.5 Å². The fourth-order valence-electron chi connectivity index (χ4n) is 2.46. The normalized spacial score (nSPS) is 12.6. The van der Waals surface area contributed by atoms with Crippen molar-refractivity contribution < 1.29 is 10.2 Å². The molecule has 2 nitrogen and oxygen atoms in total. The maximum Gasteiger partial charge on any atom is 0.0563 e. The van der Waals surface area contributed by atoms with Crippen molar-refractivity contribution in [2.45, 2.75) is 39.7 Å². The van der Waals surface area contributed by atoms with E-state index < -0.39 is 5.60 Å². The van der Waals surface area contributed by atoms with Crippen LogP contribution in [0.3, 0.4) is 0 Å². The Hall–Kier alpha value is -1.64. The van der Waals surface area contributed by atoms with Gasteiger partial charge >= 0.3 is 0 Å². The number of hydrogen-bond donors (Lipinski definition) is 2. The van der Waals surface area contributed by atoms with Gasteiger partial charge in [-0.05, 0) is 43.0 Å². The molecule has 1 aliphatic carbocycles. The highest BCUT2D eigenvalue weighted by molar-refractivity contribution is 5.78. The number of rotatable bonds is 1. The van der Waals surface area contributed by atoms with E-state index in [1.165, 1.54) is 22.3 Å². The third-order valence-electron chi connectivity index (χ3n) is 3.15. The van der Waals surface area contributed by atoms with Crippen LogP contribution in [0, 0.1) is 0 Å². The molecule has 0 saturated carbocycles. The van der Waals surface area contributed by atoms with Crippen molar-refractivity contribution in [1.82, 2.24) is 0 Å². The predicted molar refractivity (Wildman–Crippen MR) is 89.5 cm³/mol. The molecule has 1 aliphatic rings. The first-order chi connectivity index (χ1) is 9.42. The Morgan fingerprint density at radius 3 is 1.52 bits per heavy atom. The van der Waals surface area contributed by atoms with Gasteiger partial charge in [0.15, 0.2) is 0 Å². The number of benzene rings is 2. The van der Waals surface area contributed by atoms with Gasteiger partial charge in [-0.15, -0.1) is 0 Å². The van der Waals surface area contributed by atoms with Crippen molar-refractivity contribution in [3.8, 4) is 11.1 Å². The van der Waals surface area contributed by atoms with Gasteiger partial charge in [-0.3, -0.25) is 0 Å². The van der Waals surface area contributed by atoms with Crippen molar-refractivity contribution in [3.63, 3.8) is 0 Å². The molecule has 21 heavy (non-hydrogen) atoms. The van der Waals surface area contributed by atoms with E-state index in [0.717, 1.165) is 0 Å². The predicted octanol–water partition coefficient (Wildman–Crippen LogP) is 4.20. The van der Waals surface area contributed by atoms with Crippen molar-refractivity contribution in [2.24, 2.45) is 0 Å². The largest absolute Gasteiger partial charge is 0.395 e. The van der Waals surface area contributed by atoms with E-state index in [9.17, 15) is 5.11 Å². The minimum Gasteiger partial charge on any atom is -0.395 e. The van der Waals surface area contributed by atoms with Crippen LogP contribution in [0.2, 0.25) is 0 Å². The molecule has 0 bridgehead atoms. The van der Waals surface area contributed by atoms with Crippen LogP contribution in [-0.2, 0) is 0 Å². The zero-order valence-corrected chi connectivity index (χ0v) is 12.3. The first-order valence-corrected chi connectivity index (χ1v) is 6.93. The Bertz CT molecular complexity index is 531. The molecule has 2 aromatic carbocycles. The second-order valence-electron chi connectivity index (χ2n) is 6.08. The molecular formula is C19H26O2. The van der Waals surface area contributed by atoms with Gasteiger partial charge in [0, 0.05) is 5.92 Å². The molecule has 0 unspecified atom stereocenters. The molecular weight excluding hydrogens is 260 g/mol. The molecule has 0 radical (unpaired) electrons. The van der Waals surface area contributed by atoms with Crippen LogP contribution in [0.5, 0.6) is 0 Å². The van der Waals surface area contributed by atoms with Crippen molar-refractivity contribution in [1.29, 1.82) is 0 Å². The molecule has 0 saturated heterocycles. The molecule has 0 heterocycles. The maximum atomic E-state index is 9.46. The molecule has 2 N–H and O–H groups in total. The molecule has 0 spiro atoms. The summed E-state index contributed by atoms with van der Waals surface area (Å²) in [7, 11) is 0. The first kappa shape index (κ1) is 17.4. The van der Waals surface area contributed by atoms with E-state index in [-0.39, 0.29) is 20.0 Å². The van der Waals surface area contributed by atoms with Gasteiger partial charge in [0.25, 0.3) is 0 Å². The number of hydrogen-bond acceptors (Lipinski definition) is 2. The SMILES string of the molecule is C.CC(C)(C)O.OCC1c2ccccc2-c2ccccc21. The number of aliphatic hydroxyl groups is 2. The standard InChI is InChI=1S/C14H12O.C4H10O.CH4/c15-9-14-12-7-3-1-5-10(12)11-6-2-4-8-13(11)14;1-4(2,3)5;/h1-8,14-15H,9H2;5H,1-3H3;1H4. The molecule has 114 valence electrons. The molecule has 0 atom stereocenters. The Labute approximate surface area is 128 Å². The summed E-state index contributed by atoms with van der Waals surface area (Å²) in [6.45, 7) is 5.42. The minimum atomic E-state index is -0.500. The van der Waals surface area contributed by atoms with E-state index in [1.807, 2.05) is 12.1 Å². The van der Waals surface area contributed by atoms with E-state index in [1.54, 1.807) is 20.8 Å². The summed E-state index contributed by atoms with van der Waals surface area (Å²) in [6.07, 6.45) is 0. The lowest BCUT2D eigenvalue weighted by molar-refractivity contribution is 0.102. The highest BCUT2D eigenvalue weighted by Gasteiger charge is 2.26. The van der Waals surface area contributed by atoms with Gasteiger partial charge in [0.05, 0.1) is 12.2 Å². The molecule has 0 fully saturated rings. The van der Waals surface area contributed by atoms with E-state index in [4.69, 9.17) is 5.11 Å².